The molecule has 1 aliphatic heterocycles. The fourth-order valence-electron chi connectivity index (χ4n) is 3.36. The molecule has 7 nitrogen and oxygen atoms in total. The summed E-state index contributed by atoms with van der Waals surface area (Å²) >= 11 is 0. The van der Waals surface area contributed by atoms with Gasteiger partial charge in [0.1, 0.15) is 5.60 Å². The lowest BCUT2D eigenvalue weighted by Gasteiger charge is -2.34. The average molecular weight is 540 g/mol. The number of piperidine rings is 1. The van der Waals surface area contributed by atoms with Crippen LogP contribution in [-0.4, -0.2) is 67.4 Å². The number of carbonyl (C=O) groups is 1. The zero-order chi connectivity index (χ0) is 22.0. The lowest BCUT2D eigenvalue weighted by Crippen LogP contribution is -2.50. The predicted molar refractivity (Wildman–Crippen MR) is 137 cm³/mol. The SMILES string of the molecule is CCNC(=NCC(NC(=O)OC(C)(C)C)C(C)C)NC1CCN(CC(C)C)CC1.I. The molecule has 1 heterocycles. The third-order valence-electron chi connectivity index (χ3n) is 4.85. The van der Waals surface area contributed by atoms with Crippen LogP contribution in [0.25, 0.3) is 0 Å². The summed E-state index contributed by atoms with van der Waals surface area (Å²) in [5.74, 6) is 1.80. The lowest BCUT2D eigenvalue weighted by atomic mass is 10.0. The van der Waals surface area contributed by atoms with Crippen LogP contribution in [0.4, 0.5) is 4.79 Å². The number of ether oxygens (including phenoxy) is 1. The highest BCUT2D eigenvalue weighted by Gasteiger charge is 2.23. The van der Waals surface area contributed by atoms with E-state index in [9.17, 15) is 4.79 Å². The van der Waals surface area contributed by atoms with E-state index in [0.29, 0.717) is 18.5 Å². The fraction of sp³-hybridized carbons (Fsp3) is 0.909. The predicted octanol–water partition coefficient (Wildman–Crippen LogP) is 3.83. The van der Waals surface area contributed by atoms with E-state index in [1.807, 2.05) is 20.8 Å². The summed E-state index contributed by atoms with van der Waals surface area (Å²) in [5, 5.41) is 9.89. The third kappa shape index (κ3) is 12.8. The molecule has 0 spiro atoms. The van der Waals surface area contributed by atoms with Gasteiger partial charge in [0.15, 0.2) is 5.96 Å². The van der Waals surface area contributed by atoms with Gasteiger partial charge in [-0.3, -0.25) is 4.99 Å². The quantitative estimate of drug-likeness (QED) is 0.248. The molecule has 3 N–H and O–H groups in total. The Hall–Kier alpha value is -0.770. The van der Waals surface area contributed by atoms with E-state index in [1.54, 1.807) is 0 Å². The van der Waals surface area contributed by atoms with Crippen molar-refractivity contribution in [1.29, 1.82) is 0 Å². The Balaban J connectivity index is 0.00000841. The molecule has 0 radical (unpaired) electrons. The topological polar surface area (TPSA) is 78.0 Å². The van der Waals surface area contributed by atoms with Crippen LogP contribution in [0.1, 0.15) is 68.2 Å². The molecule has 1 atom stereocenters. The third-order valence-corrected chi connectivity index (χ3v) is 4.85. The smallest absolute Gasteiger partial charge is 0.407 e. The van der Waals surface area contributed by atoms with Crippen LogP contribution in [-0.2, 0) is 4.74 Å². The van der Waals surface area contributed by atoms with Gasteiger partial charge in [0.2, 0.25) is 0 Å². The number of rotatable bonds is 8. The van der Waals surface area contributed by atoms with Crippen molar-refractivity contribution in [1.82, 2.24) is 20.9 Å². The van der Waals surface area contributed by atoms with Gasteiger partial charge in [-0.05, 0) is 52.4 Å². The van der Waals surface area contributed by atoms with E-state index in [-0.39, 0.29) is 42.0 Å². The second kappa shape index (κ2) is 14.3. The molecule has 1 unspecified atom stereocenters. The number of hydrogen-bond acceptors (Lipinski definition) is 4. The van der Waals surface area contributed by atoms with Crippen LogP contribution >= 0.6 is 24.0 Å². The highest BCUT2D eigenvalue weighted by molar-refractivity contribution is 14.0. The monoisotopic (exact) mass is 539 g/mol. The van der Waals surface area contributed by atoms with Crippen molar-refractivity contribution in [3.8, 4) is 0 Å². The number of carbonyl (C=O) groups excluding carboxylic acids is 1. The normalized spacial score (nSPS) is 17.5. The molecule has 0 aromatic rings. The first-order chi connectivity index (χ1) is 13.5. The van der Waals surface area contributed by atoms with E-state index < -0.39 is 5.60 Å². The lowest BCUT2D eigenvalue weighted by molar-refractivity contribution is 0.0493. The fourth-order valence-corrected chi connectivity index (χ4v) is 3.36. The Bertz CT molecular complexity index is 512. The number of halogens is 1. The molecule has 0 aromatic carbocycles. The Morgan fingerprint density at radius 1 is 1.17 bits per heavy atom. The Morgan fingerprint density at radius 3 is 2.23 bits per heavy atom. The average Bonchev–Trinajstić information content (AvgIpc) is 2.58. The van der Waals surface area contributed by atoms with Crippen LogP contribution in [0.5, 0.6) is 0 Å². The zero-order valence-electron chi connectivity index (χ0n) is 20.4. The first-order valence-corrected chi connectivity index (χ1v) is 11.3. The van der Waals surface area contributed by atoms with E-state index in [4.69, 9.17) is 9.73 Å². The van der Waals surface area contributed by atoms with Crippen LogP contribution < -0.4 is 16.0 Å². The van der Waals surface area contributed by atoms with Gasteiger partial charge in [-0.1, -0.05) is 27.7 Å². The van der Waals surface area contributed by atoms with Crippen LogP contribution in [0.3, 0.4) is 0 Å². The van der Waals surface area contributed by atoms with Crippen LogP contribution in [0.2, 0.25) is 0 Å². The second-order valence-corrected chi connectivity index (χ2v) is 9.83. The van der Waals surface area contributed by atoms with Crippen molar-refractivity contribution in [2.75, 3.05) is 32.7 Å². The van der Waals surface area contributed by atoms with Gasteiger partial charge in [0, 0.05) is 32.2 Å². The van der Waals surface area contributed by atoms with E-state index >= 15 is 0 Å². The molecule has 1 amide bonds. The number of hydrogen-bond donors (Lipinski definition) is 3. The molecular formula is C22H46IN5O2. The van der Waals surface area contributed by atoms with Crippen molar-refractivity contribution in [2.24, 2.45) is 16.8 Å². The summed E-state index contributed by atoms with van der Waals surface area (Å²) in [7, 11) is 0. The molecule has 178 valence electrons. The standard InChI is InChI=1S/C22H45N5O2.HI/c1-9-23-20(25-18-10-12-27(13-11-18)15-16(2)3)24-14-19(17(4)5)26-21(28)29-22(6,7)8;/h16-19H,9-15H2,1-8H3,(H,26,28)(H2,23,24,25);1H. The van der Waals surface area contributed by atoms with Crippen molar-refractivity contribution in [2.45, 2.75) is 85.9 Å². The molecule has 30 heavy (non-hydrogen) atoms. The van der Waals surface area contributed by atoms with Gasteiger partial charge >= 0.3 is 6.09 Å². The summed E-state index contributed by atoms with van der Waals surface area (Å²) in [5.41, 5.74) is -0.504. The van der Waals surface area contributed by atoms with Crippen molar-refractivity contribution >= 4 is 36.0 Å². The van der Waals surface area contributed by atoms with Gasteiger partial charge in [-0.2, -0.15) is 0 Å². The van der Waals surface area contributed by atoms with Gasteiger partial charge < -0.3 is 25.6 Å². The van der Waals surface area contributed by atoms with Crippen molar-refractivity contribution in [3.05, 3.63) is 0 Å². The number of likely N-dealkylation sites (tertiary alicyclic amines) is 1. The zero-order valence-corrected chi connectivity index (χ0v) is 22.7. The Kier molecular flexibility index (Phi) is 14.0. The molecule has 0 bridgehead atoms. The molecule has 1 fully saturated rings. The van der Waals surface area contributed by atoms with Crippen LogP contribution in [0.15, 0.2) is 4.99 Å². The maximum atomic E-state index is 12.2. The number of amides is 1. The van der Waals surface area contributed by atoms with Crippen LogP contribution in [0, 0.1) is 11.8 Å². The molecular weight excluding hydrogens is 493 g/mol. The minimum atomic E-state index is -0.504. The number of nitrogens with zero attached hydrogens (tertiary/aromatic N) is 2. The summed E-state index contributed by atoms with van der Waals surface area (Å²) < 4.78 is 5.40. The molecule has 0 aromatic heterocycles. The molecule has 1 rings (SSSR count). The Morgan fingerprint density at radius 2 is 1.77 bits per heavy atom. The number of alkyl carbamates (subject to hydrolysis) is 1. The minimum Gasteiger partial charge on any atom is -0.444 e. The summed E-state index contributed by atoms with van der Waals surface area (Å²) in [6, 6.07) is 0.362. The number of aliphatic imine (C=N–C) groups is 1. The van der Waals surface area contributed by atoms with Gasteiger partial charge in [0.05, 0.1) is 12.6 Å². The van der Waals surface area contributed by atoms with Gasteiger partial charge in [-0.25, -0.2) is 4.79 Å². The highest BCUT2D eigenvalue weighted by Crippen LogP contribution is 2.12. The Labute approximate surface area is 201 Å². The first-order valence-electron chi connectivity index (χ1n) is 11.3. The maximum absolute atomic E-state index is 12.2. The molecule has 8 heteroatoms. The highest BCUT2D eigenvalue weighted by atomic mass is 127. The summed E-state index contributed by atoms with van der Waals surface area (Å²) in [6.45, 7) is 21.2. The minimum absolute atomic E-state index is 0. The number of nitrogens with one attached hydrogen (secondary N) is 3. The summed E-state index contributed by atoms with van der Waals surface area (Å²) in [6.07, 6.45) is 1.86. The molecule has 0 saturated carbocycles. The molecule has 0 aliphatic carbocycles. The van der Waals surface area contributed by atoms with Crippen molar-refractivity contribution < 1.29 is 9.53 Å². The summed E-state index contributed by atoms with van der Waals surface area (Å²) in [4.78, 5) is 19.5. The first kappa shape index (κ1) is 29.2. The van der Waals surface area contributed by atoms with E-state index in [0.717, 1.165) is 38.4 Å². The van der Waals surface area contributed by atoms with Gasteiger partial charge in [0.25, 0.3) is 0 Å². The molecule has 1 saturated heterocycles. The van der Waals surface area contributed by atoms with E-state index in [1.165, 1.54) is 6.54 Å². The largest absolute Gasteiger partial charge is 0.444 e. The maximum Gasteiger partial charge on any atom is 0.407 e. The van der Waals surface area contributed by atoms with Gasteiger partial charge in [-0.15, -0.1) is 24.0 Å². The number of guanidine groups is 1. The van der Waals surface area contributed by atoms with E-state index in [2.05, 4.69) is 55.5 Å². The molecule has 1 aliphatic rings. The second-order valence-electron chi connectivity index (χ2n) is 9.83. The van der Waals surface area contributed by atoms with Crippen molar-refractivity contribution in [3.63, 3.8) is 0 Å².